The SMILES string of the molecule is CC(C)(O)C(C)(C)O[B]C1=CCCNC1.[CH3-].[CH3-].[K+]. The second-order valence-electron chi connectivity index (χ2n) is 5.05. The van der Waals surface area contributed by atoms with Crippen molar-refractivity contribution in [2.45, 2.75) is 45.3 Å². The zero-order valence-electron chi connectivity index (χ0n) is 13.1. The van der Waals surface area contributed by atoms with E-state index in [0.29, 0.717) is 0 Å². The Hall–Kier alpha value is 1.32. The Morgan fingerprint density at radius 3 is 2.22 bits per heavy atom. The molecular weight excluding hydrogens is 252 g/mol. The summed E-state index contributed by atoms with van der Waals surface area (Å²) in [6, 6.07) is 0. The van der Waals surface area contributed by atoms with Crippen molar-refractivity contribution < 1.29 is 61.1 Å². The van der Waals surface area contributed by atoms with E-state index in [4.69, 9.17) is 4.65 Å². The third-order valence-electron chi connectivity index (χ3n) is 3.04. The number of hydrogen-bond acceptors (Lipinski definition) is 3. The summed E-state index contributed by atoms with van der Waals surface area (Å²) in [5.74, 6) is 0. The van der Waals surface area contributed by atoms with E-state index in [-0.39, 0.29) is 66.2 Å². The van der Waals surface area contributed by atoms with Crippen LogP contribution in [-0.2, 0) is 4.65 Å². The maximum atomic E-state index is 9.89. The molecule has 3 nitrogen and oxygen atoms in total. The smallest absolute Gasteiger partial charge is 0.427 e. The molecule has 1 aliphatic heterocycles. The van der Waals surface area contributed by atoms with Crippen molar-refractivity contribution in [1.29, 1.82) is 0 Å². The molecule has 0 atom stereocenters. The third-order valence-corrected chi connectivity index (χ3v) is 3.04. The van der Waals surface area contributed by atoms with Crippen LogP contribution in [0.2, 0.25) is 0 Å². The Morgan fingerprint density at radius 2 is 1.83 bits per heavy atom. The molecule has 0 fully saturated rings. The maximum absolute atomic E-state index is 9.89. The maximum Gasteiger partial charge on any atom is 1.00 e. The molecule has 0 amide bonds. The van der Waals surface area contributed by atoms with Gasteiger partial charge >= 0.3 is 58.9 Å². The molecule has 0 saturated carbocycles. The van der Waals surface area contributed by atoms with E-state index in [1.54, 1.807) is 21.3 Å². The predicted octanol–water partition coefficient (Wildman–Crippen LogP) is -1.05. The largest absolute Gasteiger partial charge is 1.00 e. The molecule has 0 unspecified atom stereocenters. The second kappa shape index (κ2) is 10.1. The van der Waals surface area contributed by atoms with Gasteiger partial charge in [-0.1, -0.05) is 11.5 Å². The molecule has 1 radical (unpaired) electrons. The van der Waals surface area contributed by atoms with Crippen molar-refractivity contribution in [2.24, 2.45) is 0 Å². The van der Waals surface area contributed by atoms with Crippen LogP contribution < -0.4 is 56.7 Å². The zero-order valence-corrected chi connectivity index (χ0v) is 16.3. The van der Waals surface area contributed by atoms with Crippen molar-refractivity contribution >= 4 is 7.48 Å². The van der Waals surface area contributed by atoms with Gasteiger partial charge in [0, 0.05) is 6.54 Å². The number of aliphatic hydroxyl groups is 1. The van der Waals surface area contributed by atoms with Gasteiger partial charge < -0.3 is 29.9 Å². The van der Waals surface area contributed by atoms with Crippen molar-refractivity contribution in [2.75, 3.05) is 13.1 Å². The molecule has 2 N–H and O–H groups in total. The molecule has 0 aromatic carbocycles. The van der Waals surface area contributed by atoms with Crippen LogP contribution in [0, 0.1) is 14.9 Å². The fourth-order valence-corrected chi connectivity index (χ4v) is 1.12. The molecule has 0 aromatic rings. The standard InChI is InChI=1S/C11H21BNO2.2CH3.K/c1-10(2,14)11(3,4)15-12-9-6-5-7-13-8-9;;;/h6,13-14H,5,7-8H2,1-4H3;2*1H3;/q;2*-1;+1. The predicted molar refractivity (Wildman–Crippen MR) is 75.6 cm³/mol. The van der Waals surface area contributed by atoms with Crippen LogP contribution in [0.4, 0.5) is 0 Å². The molecule has 0 spiro atoms. The first-order valence-electron chi connectivity index (χ1n) is 5.46. The molecule has 1 aliphatic rings. The summed E-state index contributed by atoms with van der Waals surface area (Å²) in [5.41, 5.74) is -0.282. The van der Waals surface area contributed by atoms with Gasteiger partial charge in [0.25, 0.3) is 0 Å². The van der Waals surface area contributed by atoms with Gasteiger partial charge in [-0.15, -0.1) is 0 Å². The summed E-state index contributed by atoms with van der Waals surface area (Å²) >= 11 is 0. The van der Waals surface area contributed by atoms with Crippen LogP contribution in [-0.4, -0.2) is 36.9 Å². The van der Waals surface area contributed by atoms with E-state index in [0.717, 1.165) is 25.0 Å². The first-order chi connectivity index (χ1) is 6.83. The van der Waals surface area contributed by atoms with Crippen molar-refractivity contribution in [3.8, 4) is 0 Å². The topological polar surface area (TPSA) is 41.5 Å². The Kier molecular flexibility index (Phi) is 13.7. The zero-order chi connectivity index (χ0) is 11.5. The second-order valence-corrected chi connectivity index (χ2v) is 5.05. The fraction of sp³-hybridized carbons (Fsp3) is 0.692. The number of nitrogens with one attached hydrogen (secondary N) is 1. The first kappa shape index (κ1) is 24.3. The van der Waals surface area contributed by atoms with Crippen LogP contribution >= 0.6 is 0 Å². The van der Waals surface area contributed by atoms with Gasteiger partial charge in [-0.25, -0.2) is 0 Å². The van der Waals surface area contributed by atoms with Crippen molar-refractivity contribution in [3.05, 3.63) is 26.4 Å². The molecule has 1 rings (SSSR count). The molecule has 0 bridgehead atoms. The fourth-order valence-electron chi connectivity index (χ4n) is 1.12. The van der Waals surface area contributed by atoms with E-state index in [9.17, 15) is 5.11 Å². The minimum atomic E-state index is -0.855. The Bertz CT molecular complexity index is 250. The van der Waals surface area contributed by atoms with E-state index in [1.807, 2.05) is 13.8 Å². The summed E-state index contributed by atoms with van der Waals surface area (Å²) < 4.78 is 5.65. The van der Waals surface area contributed by atoms with Gasteiger partial charge in [0.2, 0.25) is 0 Å². The van der Waals surface area contributed by atoms with Crippen LogP contribution in [0.5, 0.6) is 0 Å². The summed E-state index contributed by atoms with van der Waals surface area (Å²) in [5, 5.41) is 13.2. The molecule has 0 aromatic heterocycles. The minimum Gasteiger partial charge on any atom is -0.427 e. The van der Waals surface area contributed by atoms with E-state index in [2.05, 4.69) is 11.4 Å². The summed E-state index contributed by atoms with van der Waals surface area (Å²) in [6.07, 6.45) is 3.20. The van der Waals surface area contributed by atoms with Gasteiger partial charge in [-0.2, -0.15) is 0 Å². The molecule has 18 heavy (non-hydrogen) atoms. The third kappa shape index (κ3) is 7.80. The van der Waals surface area contributed by atoms with E-state index < -0.39 is 11.2 Å². The van der Waals surface area contributed by atoms with E-state index in [1.165, 1.54) is 0 Å². The van der Waals surface area contributed by atoms with Crippen LogP contribution in [0.25, 0.3) is 0 Å². The van der Waals surface area contributed by atoms with Crippen LogP contribution in [0.3, 0.4) is 0 Å². The van der Waals surface area contributed by atoms with Gasteiger partial charge in [-0.3, -0.25) is 0 Å². The Labute approximate surface area is 157 Å². The molecule has 0 saturated heterocycles. The molecule has 101 valence electrons. The summed E-state index contributed by atoms with van der Waals surface area (Å²) in [4.78, 5) is 0. The average Bonchev–Trinajstić information content (AvgIpc) is 2.15. The van der Waals surface area contributed by atoms with E-state index >= 15 is 0 Å². The number of hydrogen-bond donors (Lipinski definition) is 2. The first-order valence-corrected chi connectivity index (χ1v) is 5.46. The molecule has 1 heterocycles. The Morgan fingerprint density at radius 1 is 1.28 bits per heavy atom. The summed E-state index contributed by atoms with van der Waals surface area (Å²) in [7, 11) is 1.75. The Balaban J connectivity index is -0.000000750. The van der Waals surface area contributed by atoms with Crippen molar-refractivity contribution in [1.82, 2.24) is 5.32 Å². The minimum absolute atomic E-state index is 0. The van der Waals surface area contributed by atoms with Crippen LogP contribution in [0.1, 0.15) is 34.1 Å². The van der Waals surface area contributed by atoms with Gasteiger partial charge in [0.15, 0.2) is 0 Å². The summed E-state index contributed by atoms with van der Waals surface area (Å²) in [6.45, 7) is 9.18. The molecule has 0 aliphatic carbocycles. The normalized spacial score (nSPS) is 15.5. The quantitative estimate of drug-likeness (QED) is 0.510. The molecular formula is C13H27BKNO2-. The van der Waals surface area contributed by atoms with Crippen molar-refractivity contribution in [3.63, 3.8) is 0 Å². The monoisotopic (exact) mass is 279 g/mol. The molecule has 5 heteroatoms. The van der Waals surface area contributed by atoms with Crippen LogP contribution in [0.15, 0.2) is 11.5 Å². The average molecular weight is 279 g/mol. The number of rotatable bonds is 4. The van der Waals surface area contributed by atoms with Gasteiger partial charge in [-0.05, 0) is 40.7 Å². The van der Waals surface area contributed by atoms with Gasteiger partial charge in [0.1, 0.15) is 0 Å². The van der Waals surface area contributed by atoms with Gasteiger partial charge in [0.05, 0.1) is 11.2 Å².